The summed E-state index contributed by atoms with van der Waals surface area (Å²) in [5.74, 6) is -0.728. The molecule has 2 unspecified atom stereocenters. The van der Waals surface area contributed by atoms with E-state index in [1.165, 1.54) is 12.8 Å². The van der Waals surface area contributed by atoms with Gasteiger partial charge in [-0.3, -0.25) is 24.6 Å². The zero-order valence-corrected chi connectivity index (χ0v) is 15.9. The third-order valence-electron chi connectivity index (χ3n) is 6.88. The summed E-state index contributed by atoms with van der Waals surface area (Å²) in [6.45, 7) is 2.28. The van der Waals surface area contributed by atoms with E-state index in [0.717, 1.165) is 37.1 Å². The molecule has 2 saturated heterocycles. The molecule has 3 N–H and O–H groups in total. The van der Waals surface area contributed by atoms with Crippen molar-refractivity contribution in [1.29, 1.82) is 0 Å². The van der Waals surface area contributed by atoms with Gasteiger partial charge in [0, 0.05) is 43.2 Å². The first-order valence-corrected chi connectivity index (χ1v) is 10.2. The van der Waals surface area contributed by atoms with Crippen LogP contribution in [0.5, 0.6) is 0 Å². The third-order valence-corrected chi connectivity index (χ3v) is 6.88. The van der Waals surface area contributed by atoms with Gasteiger partial charge < -0.3 is 10.6 Å². The Hall–Kier alpha value is -2.25. The first kappa shape index (κ1) is 17.8. The van der Waals surface area contributed by atoms with E-state index in [9.17, 15) is 14.4 Å². The molecule has 2 atom stereocenters. The van der Waals surface area contributed by atoms with Crippen LogP contribution < -0.4 is 11.1 Å². The molecule has 1 spiro atoms. The predicted molar refractivity (Wildman–Crippen MR) is 102 cm³/mol. The van der Waals surface area contributed by atoms with E-state index in [1.54, 1.807) is 4.90 Å². The largest absolute Gasteiger partial charge is 0.328 e. The van der Waals surface area contributed by atoms with Gasteiger partial charge >= 0.3 is 0 Å². The van der Waals surface area contributed by atoms with Crippen LogP contribution in [0.2, 0.25) is 0 Å². The number of fused-ring (bicyclic) bond motifs is 1. The van der Waals surface area contributed by atoms with Crippen molar-refractivity contribution in [2.24, 2.45) is 5.73 Å². The number of rotatable bonds is 3. The number of nitrogens with zero attached hydrogens (tertiary/aromatic N) is 2. The fraction of sp³-hybridized carbons (Fsp3) is 0.571. The number of piperidine rings is 2. The molecular formula is C21H26N4O3. The third kappa shape index (κ3) is 2.93. The number of nitrogens with one attached hydrogen (secondary N) is 1. The second-order valence-corrected chi connectivity index (χ2v) is 8.79. The standard InChI is InChI=1S/C21H26N4O3/c22-15-5-8-24(21(10-15)6-7-21)11-13-1-2-14-12-25(20(28)16(14)9-13)17-3-4-18(26)23-19(17)27/h1-2,9,15,17H,3-8,10-12,22H2,(H,23,26,27). The predicted octanol–water partition coefficient (Wildman–Crippen LogP) is 0.903. The van der Waals surface area contributed by atoms with E-state index in [4.69, 9.17) is 5.73 Å². The molecule has 0 bridgehead atoms. The van der Waals surface area contributed by atoms with Gasteiger partial charge in [-0.1, -0.05) is 12.1 Å². The molecule has 1 aromatic carbocycles. The van der Waals surface area contributed by atoms with Crippen LogP contribution >= 0.6 is 0 Å². The number of hydrogen-bond acceptors (Lipinski definition) is 5. The van der Waals surface area contributed by atoms with Gasteiger partial charge in [0.15, 0.2) is 0 Å². The van der Waals surface area contributed by atoms with Crippen molar-refractivity contribution < 1.29 is 14.4 Å². The van der Waals surface area contributed by atoms with Crippen molar-refractivity contribution in [3.05, 3.63) is 34.9 Å². The summed E-state index contributed by atoms with van der Waals surface area (Å²) in [6, 6.07) is 5.87. The lowest BCUT2D eigenvalue weighted by molar-refractivity contribution is -0.136. The zero-order valence-electron chi connectivity index (χ0n) is 15.9. The molecule has 4 aliphatic rings. The normalized spacial score (nSPS) is 29.2. The minimum absolute atomic E-state index is 0.104. The maximum atomic E-state index is 13.0. The average Bonchev–Trinajstić information content (AvgIpc) is 3.35. The quantitative estimate of drug-likeness (QED) is 0.758. The fourth-order valence-corrected chi connectivity index (χ4v) is 5.11. The van der Waals surface area contributed by atoms with Crippen molar-refractivity contribution in [3.8, 4) is 0 Å². The molecule has 1 aliphatic carbocycles. The van der Waals surface area contributed by atoms with Crippen LogP contribution in [-0.2, 0) is 22.7 Å². The summed E-state index contributed by atoms with van der Waals surface area (Å²) in [4.78, 5) is 40.7. The highest BCUT2D eigenvalue weighted by Gasteiger charge is 2.50. The van der Waals surface area contributed by atoms with Gasteiger partial charge in [0.05, 0.1) is 0 Å². The minimum atomic E-state index is -0.556. The molecular weight excluding hydrogens is 356 g/mol. The van der Waals surface area contributed by atoms with Gasteiger partial charge in [0.25, 0.3) is 5.91 Å². The summed E-state index contributed by atoms with van der Waals surface area (Å²) in [7, 11) is 0. The Morgan fingerprint density at radius 1 is 1.18 bits per heavy atom. The summed E-state index contributed by atoms with van der Waals surface area (Å²) in [6.07, 6.45) is 5.20. The number of likely N-dealkylation sites (tertiary alicyclic amines) is 1. The molecule has 7 nitrogen and oxygen atoms in total. The van der Waals surface area contributed by atoms with Gasteiger partial charge in [-0.2, -0.15) is 0 Å². The van der Waals surface area contributed by atoms with Gasteiger partial charge in [-0.25, -0.2) is 0 Å². The number of amides is 3. The molecule has 0 aromatic heterocycles. The monoisotopic (exact) mass is 382 g/mol. The summed E-state index contributed by atoms with van der Waals surface area (Å²) in [5, 5.41) is 2.35. The Balaban J connectivity index is 1.33. The molecule has 7 heteroatoms. The topological polar surface area (TPSA) is 95.7 Å². The summed E-state index contributed by atoms with van der Waals surface area (Å²) >= 11 is 0. The van der Waals surface area contributed by atoms with Crippen molar-refractivity contribution in [2.45, 2.75) is 69.2 Å². The Morgan fingerprint density at radius 3 is 2.75 bits per heavy atom. The Kier molecular flexibility index (Phi) is 4.07. The maximum Gasteiger partial charge on any atom is 0.255 e. The fourth-order valence-electron chi connectivity index (χ4n) is 5.11. The number of nitrogens with two attached hydrogens (primary N) is 1. The Labute approximate surface area is 164 Å². The number of carbonyl (C=O) groups excluding carboxylic acids is 3. The van der Waals surface area contributed by atoms with Crippen molar-refractivity contribution in [2.75, 3.05) is 6.54 Å². The van der Waals surface area contributed by atoms with Crippen LogP contribution in [-0.4, -0.2) is 51.7 Å². The molecule has 5 rings (SSSR count). The van der Waals surface area contributed by atoms with Crippen LogP contribution in [0.3, 0.4) is 0 Å². The number of benzene rings is 1. The molecule has 3 heterocycles. The van der Waals surface area contributed by atoms with E-state index in [2.05, 4.69) is 16.3 Å². The van der Waals surface area contributed by atoms with Crippen LogP contribution in [0.4, 0.5) is 0 Å². The molecule has 3 amide bonds. The van der Waals surface area contributed by atoms with Crippen molar-refractivity contribution in [3.63, 3.8) is 0 Å². The van der Waals surface area contributed by atoms with E-state index in [0.29, 0.717) is 24.6 Å². The van der Waals surface area contributed by atoms with Crippen LogP contribution in [0.25, 0.3) is 0 Å². The van der Waals surface area contributed by atoms with Gasteiger partial charge in [0.2, 0.25) is 11.8 Å². The molecule has 1 saturated carbocycles. The van der Waals surface area contributed by atoms with E-state index in [1.807, 2.05) is 12.1 Å². The zero-order chi connectivity index (χ0) is 19.5. The average molecular weight is 382 g/mol. The van der Waals surface area contributed by atoms with Crippen molar-refractivity contribution >= 4 is 17.7 Å². The van der Waals surface area contributed by atoms with Crippen molar-refractivity contribution in [1.82, 2.24) is 15.1 Å². The first-order valence-electron chi connectivity index (χ1n) is 10.2. The summed E-state index contributed by atoms with van der Waals surface area (Å²) < 4.78 is 0. The highest BCUT2D eigenvalue weighted by atomic mass is 16.2. The highest BCUT2D eigenvalue weighted by molar-refractivity contribution is 6.05. The maximum absolute atomic E-state index is 13.0. The van der Waals surface area contributed by atoms with Gasteiger partial charge in [-0.05, 0) is 49.3 Å². The lowest BCUT2D eigenvalue weighted by atomic mass is 9.94. The Bertz CT molecular complexity index is 863. The molecule has 3 aliphatic heterocycles. The first-order chi connectivity index (χ1) is 13.4. The Morgan fingerprint density at radius 2 is 2.00 bits per heavy atom. The lowest BCUT2D eigenvalue weighted by Gasteiger charge is -2.39. The van der Waals surface area contributed by atoms with Gasteiger partial charge in [0.1, 0.15) is 6.04 Å². The van der Waals surface area contributed by atoms with Gasteiger partial charge in [-0.15, -0.1) is 0 Å². The van der Waals surface area contributed by atoms with Crippen LogP contribution in [0.1, 0.15) is 60.0 Å². The molecule has 0 radical (unpaired) electrons. The lowest BCUT2D eigenvalue weighted by Crippen LogP contribution is -2.52. The molecule has 28 heavy (non-hydrogen) atoms. The minimum Gasteiger partial charge on any atom is -0.328 e. The second-order valence-electron chi connectivity index (χ2n) is 8.79. The SMILES string of the molecule is NC1CCN(Cc2ccc3c(c2)C(=O)N(C2CCC(=O)NC2=O)C3)C2(CC2)C1. The molecule has 148 valence electrons. The van der Waals surface area contributed by atoms with E-state index in [-0.39, 0.29) is 29.7 Å². The number of carbonyl (C=O) groups is 3. The smallest absolute Gasteiger partial charge is 0.255 e. The number of imide groups is 1. The highest BCUT2D eigenvalue weighted by Crippen LogP contribution is 2.48. The molecule has 1 aromatic rings. The van der Waals surface area contributed by atoms with Crippen LogP contribution in [0.15, 0.2) is 18.2 Å². The van der Waals surface area contributed by atoms with E-state index >= 15 is 0 Å². The second kappa shape index (κ2) is 6.39. The molecule has 3 fully saturated rings. The number of hydrogen-bond donors (Lipinski definition) is 2. The van der Waals surface area contributed by atoms with E-state index < -0.39 is 6.04 Å². The summed E-state index contributed by atoms with van der Waals surface area (Å²) in [5.41, 5.74) is 9.24. The van der Waals surface area contributed by atoms with Crippen LogP contribution in [0, 0.1) is 0 Å².